The number of carbonyl (C=O) groups excluding carboxylic acids is 1. The van der Waals surface area contributed by atoms with Crippen LogP contribution in [0.1, 0.15) is 12.8 Å². The van der Waals surface area contributed by atoms with E-state index in [4.69, 9.17) is 9.47 Å². The van der Waals surface area contributed by atoms with Crippen molar-refractivity contribution in [2.75, 3.05) is 0 Å². The highest BCUT2D eigenvalue weighted by atomic mass is 16.6. The molecule has 3 rings (SSSR count). The molecule has 0 aromatic heterocycles. The highest BCUT2D eigenvalue weighted by molar-refractivity contribution is 5.72. The number of carbonyl (C=O) groups is 1. The normalized spacial score (nSPS) is 55.8. The van der Waals surface area contributed by atoms with Crippen molar-refractivity contribution in [3.63, 3.8) is 0 Å². The van der Waals surface area contributed by atoms with Crippen LogP contribution < -0.4 is 0 Å². The van der Waals surface area contributed by atoms with Crippen molar-refractivity contribution in [3.8, 4) is 0 Å². The van der Waals surface area contributed by atoms with E-state index in [1.807, 2.05) is 0 Å². The summed E-state index contributed by atoms with van der Waals surface area (Å²) in [5.74, 6) is 0.445. The maximum atomic E-state index is 10.7. The van der Waals surface area contributed by atoms with E-state index in [1.54, 1.807) is 0 Å². The maximum absolute atomic E-state index is 10.7. The third-order valence-corrected chi connectivity index (χ3v) is 2.64. The van der Waals surface area contributed by atoms with Gasteiger partial charge in [0.05, 0.1) is 12.5 Å². The van der Waals surface area contributed by atoms with Crippen LogP contribution in [0, 0.1) is 5.92 Å². The molecule has 3 aliphatic rings. The summed E-state index contributed by atoms with van der Waals surface area (Å²) in [4.78, 5) is 10.7. The number of fused-ring (bicyclic) bond motifs is 3. The Kier molecular flexibility index (Phi) is 0.703. The number of ether oxygens (including phenoxy) is 2. The van der Waals surface area contributed by atoms with Crippen LogP contribution in [-0.2, 0) is 14.3 Å². The van der Waals surface area contributed by atoms with Crippen LogP contribution in [0.5, 0.6) is 0 Å². The quantitative estimate of drug-likeness (QED) is 0.353. The lowest BCUT2D eigenvalue weighted by molar-refractivity contribution is -0.142. The molecule has 2 saturated heterocycles. The van der Waals surface area contributed by atoms with E-state index in [1.165, 1.54) is 0 Å². The minimum atomic E-state index is -0.0380. The second kappa shape index (κ2) is 1.37. The fourth-order valence-electron chi connectivity index (χ4n) is 2.11. The van der Waals surface area contributed by atoms with Crippen LogP contribution in [-0.4, -0.2) is 24.3 Å². The van der Waals surface area contributed by atoms with Crippen molar-refractivity contribution >= 4 is 5.97 Å². The average molecular weight is 140 g/mol. The topological polar surface area (TPSA) is 38.8 Å². The van der Waals surface area contributed by atoms with E-state index in [9.17, 15) is 4.79 Å². The first kappa shape index (κ1) is 5.13. The predicted octanol–water partition coefficient (Wildman–Crippen LogP) is 0.0892. The summed E-state index contributed by atoms with van der Waals surface area (Å²) < 4.78 is 10.3. The highest BCUT2D eigenvalue weighted by Gasteiger charge is 2.60. The Morgan fingerprint density at radius 1 is 1.40 bits per heavy atom. The van der Waals surface area contributed by atoms with Crippen molar-refractivity contribution in [1.82, 2.24) is 0 Å². The maximum Gasteiger partial charge on any atom is 0.306 e. The summed E-state index contributed by atoms with van der Waals surface area (Å²) in [6, 6.07) is 0. The molecule has 10 heavy (non-hydrogen) atoms. The number of rotatable bonds is 0. The van der Waals surface area contributed by atoms with E-state index >= 15 is 0 Å². The summed E-state index contributed by atoms with van der Waals surface area (Å²) in [5.41, 5.74) is 0. The molecule has 0 bridgehead atoms. The first-order chi connectivity index (χ1) is 4.84. The Morgan fingerprint density at radius 2 is 2.30 bits per heavy atom. The zero-order chi connectivity index (χ0) is 6.72. The van der Waals surface area contributed by atoms with Crippen molar-refractivity contribution in [1.29, 1.82) is 0 Å². The first-order valence-corrected chi connectivity index (χ1v) is 3.69. The van der Waals surface area contributed by atoms with Gasteiger partial charge in [0.15, 0.2) is 0 Å². The van der Waals surface area contributed by atoms with Crippen molar-refractivity contribution in [2.45, 2.75) is 31.2 Å². The molecule has 0 N–H and O–H groups in total. The molecule has 0 aromatic carbocycles. The largest absolute Gasteiger partial charge is 0.459 e. The molecule has 3 nitrogen and oxygen atoms in total. The van der Waals surface area contributed by atoms with Gasteiger partial charge in [-0.25, -0.2) is 0 Å². The van der Waals surface area contributed by atoms with Crippen molar-refractivity contribution < 1.29 is 14.3 Å². The van der Waals surface area contributed by atoms with E-state index < -0.39 is 0 Å². The van der Waals surface area contributed by atoms with Crippen LogP contribution in [0.3, 0.4) is 0 Å². The highest BCUT2D eigenvalue weighted by Crippen LogP contribution is 2.48. The first-order valence-electron chi connectivity index (χ1n) is 3.69. The number of epoxide rings is 1. The van der Waals surface area contributed by atoms with Gasteiger partial charge in [-0.1, -0.05) is 0 Å². The van der Waals surface area contributed by atoms with Gasteiger partial charge in [0.25, 0.3) is 0 Å². The smallest absolute Gasteiger partial charge is 0.306 e. The lowest BCUT2D eigenvalue weighted by Gasteiger charge is -2.07. The van der Waals surface area contributed by atoms with Crippen molar-refractivity contribution in [3.05, 3.63) is 0 Å². The third-order valence-electron chi connectivity index (χ3n) is 2.64. The van der Waals surface area contributed by atoms with Crippen LogP contribution >= 0.6 is 0 Å². The van der Waals surface area contributed by atoms with Gasteiger partial charge in [-0.3, -0.25) is 4.79 Å². The summed E-state index contributed by atoms with van der Waals surface area (Å²) in [5, 5.41) is 0. The van der Waals surface area contributed by atoms with E-state index in [0.29, 0.717) is 18.4 Å². The summed E-state index contributed by atoms with van der Waals surface area (Å²) >= 11 is 0. The standard InChI is InChI=1S/C7H8O3/c8-5-2-3-1-4-7(9-4)6(3)10-5/h3-4,6-7H,1-2H2/t3-,4-,6+,7-/m1/s1. The van der Waals surface area contributed by atoms with Crippen LogP contribution in [0.15, 0.2) is 0 Å². The molecule has 3 heteroatoms. The van der Waals surface area contributed by atoms with Gasteiger partial charge < -0.3 is 9.47 Å². The molecule has 0 radical (unpaired) electrons. The SMILES string of the molecule is O=C1C[C@H]2C[C@H]3O[C@H]3[C@H]2O1. The van der Waals surface area contributed by atoms with Gasteiger partial charge >= 0.3 is 5.97 Å². The minimum absolute atomic E-state index is 0.0380. The molecule has 0 unspecified atom stereocenters. The molecule has 0 spiro atoms. The number of hydrogen-bond acceptors (Lipinski definition) is 3. The van der Waals surface area contributed by atoms with E-state index in [-0.39, 0.29) is 18.2 Å². The zero-order valence-electron chi connectivity index (χ0n) is 5.45. The molecule has 54 valence electrons. The van der Waals surface area contributed by atoms with Gasteiger partial charge in [-0.2, -0.15) is 0 Å². The molecular formula is C7H8O3. The average Bonchev–Trinajstić information content (AvgIpc) is 2.40. The summed E-state index contributed by atoms with van der Waals surface area (Å²) in [7, 11) is 0. The Hall–Kier alpha value is -0.570. The van der Waals surface area contributed by atoms with E-state index in [0.717, 1.165) is 6.42 Å². The summed E-state index contributed by atoms with van der Waals surface area (Å²) in [6.45, 7) is 0. The molecule has 0 amide bonds. The molecule has 1 aliphatic carbocycles. The Morgan fingerprint density at radius 3 is 3.10 bits per heavy atom. The van der Waals surface area contributed by atoms with Crippen LogP contribution in [0.4, 0.5) is 0 Å². The van der Waals surface area contributed by atoms with E-state index in [2.05, 4.69) is 0 Å². The van der Waals surface area contributed by atoms with Crippen LogP contribution in [0.2, 0.25) is 0 Å². The molecule has 4 atom stereocenters. The third kappa shape index (κ3) is 0.475. The fourth-order valence-corrected chi connectivity index (χ4v) is 2.11. The Balaban J connectivity index is 1.88. The molecule has 3 fully saturated rings. The zero-order valence-corrected chi connectivity index (χ0v) is 5.45. The van der Waals surface area contributed by atoms with Crippen molar-refractivity contribution in [2.24, 2.45) is 5.92 Å². The lowest BCUT2D eigenvalue weighted by atomic mass is 10.0. The molecule has 0 aromatic rings. The molecule has 2 heterocycles. The second-order valence-corrected chi connectivity index (χ2v) is 3.29. The van der Waals surface area contributed by atoms with Gasteiger partial charge in [0.2, 0.25) is 0 Å². The Bertz CT molecular complexity index is 201. The van der Waals surface area contributed by atoms with Gasteiger partial charge in [-0.05, 0) is 6.42 Å². The van der Waals surface area contributed by atoms with Crippen LogP contribution in [0.25, 0.3) is 0 Å². The monoisotopic (exact) mass is 140 g/mol. The fraction of sp³-hybridized carbons (Fsp3) is 0.857. The second-order valence-electron chi connectivity index (χ2n) is 3.29. The summed E-state index contributed by atoms with van der Waals surface area (Å²) in [6.07, 6.45) is 2.50. The van der Waals surface area contributed by atoms with Gasteiger partial charge in [0.1, 0.15) is 12.2 Å². The van der Waals surface area contributed by atoms with Gasteiger partial charge in [0, 0.05) is 5.92 Å². The molecule has 1 saturated carbocycles. The lowest BCUT2D eigenvalue weighted by Crippen LogP contribution is -2.16. The van der Waals surface area contributed by atoms with Gasteiger partial charge in [-0.15, -0.1) is 0 Å². The number of esters is 1. The minimum Gasteiger partial charge on any atom is -0.459 e. The predicted molar refractivity (Wildman–Crippen MR) is 31.3 cm³/mol. The molecular weight excluding hydrogens is 132 g/mol. The molecule has 2 aliphatic heterocycles. The number of hydrogen-bond donors (Lipinski definition) is 0. The Labute approximate surface area is 58.3 Å².